The normalized spacial score (nSPS) is 11.2. The molecule has 0 spiro atoms. The molecular formula is C16H24N6. The van der Waals surface area contributed by atoms with E-state index in [2.05, 4.69) is 59.0 Å². The zero-order chi connectivity index (χ0) is 16.0. The summed E-state index contributed by atoms with van der Waals surface area (Å²) in [4.78, 5) is 8.36. The zero-order valence-corrected chi connectivity index (χ0v) is 13.4. The largest absolute Gasteiger partial charge is 0.393 e. The molecule has 0 atom stereocenters. The fraction of sp³-hybridized carbons (Fsp3) is 0.375. The first-order valence-electron chi connectivity index (χ1n) is 7.37. The van der Waals surface area contributed by atoms with Gasteiger partial charge in [-0.2, -0.15) is 0 Å². The molecule has 0 radical (unpaired) electrons. The summed E-state index contributed by atoms with van der Waals surface area (Å²) in [6.07, 6.45) is 2.40. The molecule has 22 heavy (non-hydrogen) atoms. The minimum absolute atomic E-state index is 0.0850. The highest BCUT2D eigenvalue weighted by Gasteiger charge is 2.12. The molecule has 0 saturated heterocycles. The summed E-state index contributed by atoms with van der Waals surface area (Å²) in [5, 5.41) is 3.26. The number of nitrogen functional groups attached to an aromatic ring is 1. The van der Waals surface area contributed by atoms with Gasteiger partial charge in [0.05, 0.1) is 0 Å². The Morgan fingerprint density at radius 2 is 1.73 bits per heavy atom. The van der Waals surface area contributed by atoms with Crippen molar-refractivity contribution in [2.75, 3.05) is 23.0 Å². The number of rotatable bonds is 6. The summed E-state index contributed by atoms with van der Waals surface area (Å²) in [5.74, 6) is 1.22. The number of nitrogens with one attached hydrogen (secondary N) is 3. The monoisotopic (exact) mass is 300 g/mol. The van der Waals surface area contributed by atoms with Crippen LogP contribution in [0.25, 0.3) is 0 Å². The third-order valence-corrected chi connectivity index (χ3v) is 2.99. The number of aromatic nitrogens is 2. The number of hydrogen-bond donors (Lipinski definition) is 4. The van der Waals surface area contributed by atoms with Crippen LogP contribution in [0.15, 0.2) is 36.7 Å². The second-order valence-electron chi connectivity index (χ2n) is 6.15. The van der Waals surface area contributed by atoms with E-state index >= 15 is 0 Å². The SMILES string of the molecule is CC(C)(C)NNc1ncnc(NCCc2ccccc2)c1N. The summed E-state index contributed by atoms with van der Waals surface area (Å²) < 4.78 is 0. The van der Waals surface area contributed by atoms with Crippen molar-refractivity contribution in [1.29, 1.82) is 0 Å². The zero-order valence-electron chi connectivity index (χ0n) is 13.4. The van der Waals surface area contributed by atoms with Crippen LogP contribution in [0, 0.1) is 0 Å². The molecule has 2 rings (SSSR count). The summed E-state index contributed by atoms with van der Waals surface area (Å²) in [6, 6.07) is 10.3. The Labute approximate surface area is 131 Å². The average molecular weight is 300 g/mol. The smallest absolute Gasteiger partial charge is 0.169 e. The van der Waals surface area contributed by atoms with Crippen molar-refractivity contribution < 1.29 is 0 Å². The molecule has 0 amide bonds. The molecule has 6 heteroatoms. The molecule has 1 aromatic heterocycles. The molecule has 5 N–H and O–H groups in total. The quantitative estimate of drug-likeness (QED) is 0.613. The van der Waals surface area contributed by atoms with E-state index in [4.69, 9.17) is 5.73 Å². The first-order chi connectivity index (χ1) is 10.5. The summed E-state index contributed by atoms with van der Waals surface area (Å²) in [5.41, 5.74) is 14.0. The second kappa shape index (κ2) is 7.09. The van der Waals surface area contributed by atoms with Crippen molar-refractivity contribution in [3.05, 3.63) is 42.2 Å². The van der Waals surface area contributed by atoms with Gasteiger partial charge in [0.1, 0.15) is 12.0 Å². The predicted molar refractivity (Wildman–Crippen MR) is 91.6 cm³/mol. The van der Waals surface area contributed by atoms with Gasteiger partial charge in [-0.3, -0.25) is 0 Å². The van der Waals surface area contributed by atoms with Crippen molar-refractivity contribution in [1.82, 2.24) is 15.4 Å². The van der Waals surface area contributed by atoms with Crippen LogP contribution in [0.3, 0.4) is 0 Å². The molecule has 1 aromatic carbocycles. The maximum atomic E-state index is 6.10. The van der Waals surface area contributed by atoms with Gasteiger partial charge in [0.2, 0.25) is 0 Å². The fourth-order valence-electron chi connectivity index (χ4n) is 1.85. The van der Waals surface area contributed by atoms with Crippen LogP contribution >= 0.6 is 0 Å². The van der Waals surface area contributed by atoms with Gasteiger partial charge in [0.15, 0.2) is 11.6 Å². The van der Waals surface area contributed by atoms with Gasteiger partial charge in [-0.1, -0.05) is 30.3 Å². The molecule has 0 aliphatic carbocycles. The minimum Gasteiger partial charge on any atom is -0.393 e. The van der Waals surface area contributed by atoms with Crippen LogP contribution in [0.4, 0.5) is 17.3 Å². The average Bonchev–Trinajstić information content (AvgIpc) is 2.48. The van der Waals surface area contributed by atoms with Crippen LogP contribution in [0.5, 0.6) is 0 Å². The lowest BCUT2D eigenvalue weighted by Gasteiger charge is -2.22. The first-order valence-corrected chi connectivity index (χ1v) is 7.37. The Bertz CT molecular complexity index is 591. The van der Waals surface area contributed by atoms with E-state index in [1.165, 1.54) is 11.9 Å². The molecule has 118 valence electrons. The van der Waals surface area contributed by atoms with E-state index in [1.54, 1.807) is 0 Å². The Balaban J connectivity index is 1.94. The minimum atomic E-state index is -0.0850. The summed E-state index contributed by atoms with van der Waals surface area (Å²) >= 11 is 0. The Kier molecular flexibility index (Phi) is 5.16. The topological polar surface area (TPSA) is 87.9 Å². The molecule has 6 nitrogen and oxygen atoms in total. The maximum Gasteiger partial charge on any atom is 0.169 e. The van der Waals surface area contributed by atoms with E-state index in [-0.39, 0.29) is 5.54 Å². The van der Waals surface area contributed by atoms with Crippen molar-refractivity contribution in [3.63, 3.8) is 0 Å². The van der Waals surface area contributed by atoms with Crippen molar-refractivity contribution in [2.24, 2.45) is 0 Å². The van der Waals surface area contributed by atoms with Crippen molar-refractivity contribution >= 4 is 17.3 Å². The Morgan fingerprint density at radius 3 is 2.41 bits per heavy atom. The number of anilines is 3. The maximum absolute atomic E-state index is 6.10. The van der Waals surface area contributed by atoms with Crippen LogP contribution in [-0.4, -0.2) is 22.1 Å². The summed E-state index contributed by atoms with van der Waals surface area (Å²) in [7, 11) is 0. The van der Waals surface area contributed by atoms with Crippen molar-refractivity contribution in [3.8, 4) is 0 Å². The van der Waals surface area contributed by atoms with E-state index < -0.39 is 0 Å². The van der Waals surface area contributed by atoms with Gasteiger partial charge in [0.25, 0.3) is 0 Å². The van der Waals surface area contributed by atoms with Gasteiger partial charge in [-0.25, -0.2) is 15.4 Å². The van der Waals surface area contributed by atoms with E-state index in [1.807, 2.05) is 18.2 Å². The third-order valence-electron chi connectivity index (χ3n) is 2.99. The number of benzene rings is 1. The molecule has 1 heterocycles. The molecule has 0 fully saturated rings. The predicted octanol–water partition coefficient (Wildman–Crippen LogP) is 2.43. The van der Waals surface area contributed by atoms with Crippen molar-refractivity contribution in [2.45, 2.75) is 32.7 Å². The lowest BCUT2D eigenvalue weighted by atomic mass is 10.1. The Hall–Kier alpha value is -2.34. The number of nitrogens with zero attached hydrogens (tertiary/aromatic N) is 2. The van der Waals surface area contributed by atoms with Gasteiger partial charge in [-0.15, -0.1) is 0 Å². The standard InChI is InChI=1S/C16H24N6/c1-16(2,3)22-21-15-13(17)14(19-11-20-15)18-10-9-12-7-5-4-6-8-12/h4-8,11,22H,9-10,17H2,1-3H3,(H2,18,19,20,21). The number of nitrogens with two attached hydrogens (primary N) is 1. The molecule has 0 unspecified atom stereocenters. The van der Waals surface area contributed by atoms with E-state index in [0.717, 1.165) is 13.0 Å². The van der Waals surface area contributed by atoms with E-state index in [9.17, 15) is 0 Å². The lowest BCUT2D eigenvalue weighted by Crippen LogP contribution is -2.40. The molecule has 0 saturated carbocycles. The molecule has 0 aliphatic heterocycles. The van der Waals surface area contributed by atoms with Gasteiger partial charge >= 0.3 is 0 Å². The highest BCUT2D eigenvalue weighted by Crippen LogP contribution is 2.22. The first kappa shape index (κ1) is 16.0. The number of hydrogen-bond acceptors (Lipinski definition) is 6. The lowest BCUT2D eigenvalue weighted by molar-refractivity contribution is 0.464. The highest BCUT2D eigenvalue weighted by molar-refractivity contribution is 5.73. The second-order valence-corrected chi connectivity index (χ2v) is 6.15. The number of hydrazine groups is 1. The van der Waals surface area contributed by atoms with Crippen LogP contribution < -0.4 is 21.9 Å². The molecule has 0 bridgehead atoms. The van der Waals surface area contributed by atoms with Gasteiger partial charge in [0, 0.05) is 12.1 Å². The third kappa shape index (κ3) is 4.89. The highest BCUT2D eigenvalue weighted by atomic mass is 15.4. The summed E-state index contributed by atoms with van der Waals surface area (Å²) in [6.45, 7) is 6.92. The van der Waals surface area contributed by atoms with Crippen LogP contribution in [0.2, 0.25) is 0 Å². The van der Waals surface area contributed by atoms with Gasteiger partial charge < -0.3 is 16.5 Å². The van der Waals surface area contributed by atoms with E-state index in [0.29, 0.717) is 17.3 Å². The molecule has 2 aromatic rings. The van der Waals surface area contributed by atoms with Crippen LogP contribution in [-0.2, 0) is 6.42 Å². The molecule has 0 aliphatic rings. The van der Waals surface area contributed by atoms with Gasteiger partial charge in [-0.05, 0) is 32.8 Å². The Morgan fingerprint density at radius 1 is 1.05 bits per heavy atom. The fourth-order valence-corrected chi connectivity index (χ4v) is 1.85. The molecular weight excluding hydrogens is 276 g/mol. The van der Waals surface area contributed by atoms with Crippen LogP contribution in [0.1, 0.15) is 26.3 Å².